The van der Waals surface area contributed by atoms with Crippen molar-refractivity contribution >= 4 is 27.7 Å². The van der Waals surface area contributed by atoms with Crippen molar-refractivity contribution in [1.29, 1.82) is 0 Å². The number of piperidine rings is 1. The second-order valence-electron chi connectivity index (χ2n) is 6.93. The number of carbonyl (C=O) groups is 2. The normalized spacial score (nSPS) is 19.6. The largest absolute Gasteiger partial charge is 0.342 e. The molecule has 0 bridgehead atoms. The molecular weight excluding hydrogens is 387 g/mol. The lowest BCUT2D eigenvalue weighted by molar-refractivity contribution is -0.136. The topological polar surface area (TPSA) is 40.6 Å². The number of hydrogen-bond donors (Lipinski definition) is 0. The molecule has 25 heavy (non-hydrogen) atoms. The SMILES string of the molecule is O=C(c1cc(F)ccc1Br)N1CCC(C(=O)N2CCCCCC2)CC1. The fraction of sp³-hybridized carbons (Fsp3) is 0.579. The van der Waals surface area contributed by atoms with E-state index in [-0.39, 0.29) is 17.7 Å². The molecular formula is C19H24BrFN2O2. The molecule has 0 radical (unpaired) electrons. The van der Waals surface area contributed by atoms with Crippen LogP contribution in [0.3, 0.4) is 0 Å². The first kappa shape index (κ1) is 18.4. The highest BCUT2D eigenvalue weighted by molar-refractivity contribution is 9.10. The van der Waals surface area contributed by atoms with E-state index in [9.17, 15) is 14.0 Å². The van der Waals surface area contributed by atoms with E-state index in [2.05, 4.69) is 15.9 Å². The average Bonchev–Trinajstić information content (AvgIpc) is 2.92. The monoisotopic (exact) mass is 410 g/mol. The Hall–Kier alpha value is -1.43. The molecule has 136 valence electrons. The van der Waals surface area contributed by atoms with Crippen molar-refractivity contribution in [1.82, 2.24) is 9.80 Å². The molecule has 0 aliphatic carbocycles. The van der Waals surface area contributed by atoms with Crippen LogP contribution in [0, 0.1) is 11.7 Å². The third-order valence-corrected chi connectivity index (χ3v) is 5.90. The first-order valence-electron chi connectivity index (χ1n) is 9.09. The van der Waals surface area contributed by atoms with E-state index in [4.69, 9.17) is 0 Å². The van der Waals surface area contributed by atoms with E-state index in [1.165, 1.54) is 25.0 Å². The molecule has 3 rings (SSSR count). The Bertz CT molecular complexity index is 636. The molecule has 0 aromatic heterocycles. The summed E-state index contributed by atoms with van der Waals surface area (Å²) in [5.74, 6) is -0.330. The van der Waals surface area contributed by atoms with Crippen LogP contribution in [0.1, 0.15) is 48.9 Å². The van der Waals surface area contributed by atoms with Crippen LogP contribution in [0.5, 0.6) is 0 Å². The number of hydrogen-bond acceptors (Lipinski definition) is 2. The minimum atomic E-state index is -0.419. The molecule has 0 N–H and O–H groups in total. The quantitative estimate of drug-likeness (QED) is 0.742. The van der Waals surface area contributed by atoms with Gasteiger partial charge in [-0.15, -0.1) is 0 Å². The maximum atomic E-state index is 13.4. The Kier molecular flexibility index (Phi) is 6.10. The van der Waals surface area contributed by atoms with Gasteiger partial charge in [-0.05, 0) is 59.8 Å². The second kappa shape index (κ2) is 8.30. The predicted molar refractivity (Wildman–Crippen MR) is 97.8 cm³/mol. The Balaban J connectivity index is 1.58. The van der Waals surface area contributed by atoms with Crippen molar-refractivity contribution in [2.24, 2.45) is 5.92 Å². The van der Waals surface area contributed by atoms with Crippen LogP contribution in [0.15, 0.2) is 22.7 Å². The second-order valence-corrected chi connectivity index (χ2v) is 7.78. The fourth-order valence-corrected chi connectivity index (χ4v) is 4.13. The lowest BCUT2D eigenvalue weighted by Crippen LogP contribution is -2.44. The Morgan fingerprint density at radius 1 is 0.960 bits per heavy atom. The van der Waals surface area contributed by atoms with Gasteiger partial charge in [-0.1, -0.05) is 12.8 Å². The van der Waals surface area contributed by atoms with Gasteiger partial charge in [0.05, 0.1) is 5.56 Å². The van der Waals surface area contributed by atoms with Crippen LogP contribution in [-0.2, 0) is 4.79 Å². The van der Waals surface area contributed by atoms with Gasteiger partial charge in [0.25, 0.3) is 5.91 Å². The zero-order valence-corrected chi connectivity index (χ0v) is 15.9. The van der Waals surface area contributed by atoms with E-state index in [1.54, 1.807) is 11.0 Å². The summed E-state index contributed by atoms with van der Waals surface area (Å²) in [6, 6.07) is 4.14. The maximum absolute atomic E-state index is 13.4. The molecule has 2 aliphatic heterocycles. The highest BCUT2D eigenvalue weighted by Gasteiger charge is 2.31. The molecule has 2 saturated heterocycles. The number of likely N-dealkylation sites (tertiary alicyclic amines) is 2. The van der Waals surface area contributed by atoms with Crippen LogP contribution in [-0.4, -0.2) is 47.8 Å². The molecule has 0 atom stereocenters. The highest BCUT2D eigenvalue weighted by atomic mass is 79.9. The number of halogens is 2. The van der Waals surface area contributed by atoms with Crippen LogP contribution in [0.2, 0.25) is 0 Å². The number of rotatable bonds is 2. The molecule has 2 amide bonds. The number of benzene rings is 1. The average molecular weight is 411 g/mol. The van der Waals surface area contributed by atoms with Gasteiger partial charge in [0.15, 0.2) is 0 Å². The number of amides is 2. The molecule has 1 aromatic carbocycles. The van der Waals surface area contributed by atoms with E-state index >= 15 is 0 Å². The van der Waals surface area contributed by atoms with Crippen molar-refractivity contribution in [2.45, 2.75) is 38.5 Å². The van der Waals surface area contributed by atoms with Crippen molar-refractivity contribution < 1.29 is 14.0 Å². The molecule has 6 heteroatoms. The zero-order valence-electron chi connectivity index (χ0n) is 14.3. The van der Waals surface area contributed by atoms with Gasteiger partial charge in [-0.2, -0.15) is 0 Å². The van der Waals surface area contributed by atoms with Crippen LogP contribution in [0.25, 0.3) is 0 Å². The summed E-state index contributed by atoms with van der Waals surface area (Å²) < 4.78 is 14.0. The Morgan fingerprint density at radius 3 is 2.24 bits per heavy atom. The lowest BCUT2D eigenvalue weighted by Gasteiger charge is -2.34. The van der Waals surface area contributed by atoms with Gasteiger partial charge in [-0.3, -0.25) is 9.59 Å². The minimum absolute atomic E-state index is 0.0121. The van der Waals surface area contributed by atoms with Crippen molar-refractivity contribution in [3.8, 4) is 0 Å². The molecule has 1 aromatic rings. The van der Waals surface area contributed by atoms with Gasteiger partial charge >= 0.3 is 0 Å². The van der Waals surface area contributed by atoms with Crippen LogP contribution in [0.4, 0.5) is 4.39 Å². The Morgan fingerprint density at radius 2 is 1.60 bits per heavy atom. The molecule has 0 saturated carbocycles. The summed E-state index contributed by atoms with van der Waals surface area (Å²) >= 11 is 3.32. The standard InChI is InChI=1S/C19H24BrFN2O2/c20-17-6-5-15(21)13-16(17)19(25)23-11-7-14(8-12-23)18(24)22-9-3-1-2-4-10-22/h5-6,13-14H,1-4,7-12H2. The van der Waals surface area contributed by atoms with Gasteiger partial charge < -0.3 is 9.80 Å². The fourth-order valence-electron chi connectivity index (χ4n) is 3.71. The molecule has 2 heterocycles. The van der Waals surface area contributed by atoms with E-state index in [0.717, 1.165) is 25.9 Å². The molecule has 4 nitrogen and oxygen atoms in total. The van der Waals surface area contributed by atoms with Crippen molar-refractivity contribution in [2.75, 3.05) is 26.2 Å². The maximum Gasteiger partial charge on any atom is 0.255 e. The predicted octanol–water partition coefficient (Wildman–Crippen LogP) is 3.84. The van der Waals surface area contributed by atoms with Crippen LogP contribution < -0.4 is 0 Å². The molecule has 2 fully saturated rings. The summed E-state index contributed by atoms with van der Waals surface area (Å²) in [6.07, 6.45) is 5.98. The highest BCUT2D eigenvalue weighted by Crippen LogP contribution is 2.25. The van der Waals surface area contributed by atoms with Gasteiger partial charge in [0.2, 0.25) is 5.91 Å². The van der Waals surface area contributed by atoms with Gasteiger partial charge in [0, 0.05) is 36.6 Å². The lowest BCUT2D eigenvalue weighted by atomic mass is 9.94. The summed E-state index contributed by atoms with van der Waals surface area (Å²) in [6.45, 7) is 2.83. The van der Waals surface area contributed by atoms with E-state index in [0.29, 0.717) is 36.0 Å². The van der Waals surface area contributed by atoms with Crippen LogP contribution >= 0.6 is 15.9 Å². The number of nitrogens with zero attached hydrogens (tertiary/aromatic N) is 2. The summed E-state index contributed by atoms with van der Waals surface area (Å²) in [5, 5.41) is 0. The van der Waals surface area contributed by atoms with Crippen molar-refractivity contribution in [3.63, 3.8) is 0 Å². The third-order valence-electron chi connectivity index (χ3n) is 5.21. The van der Waals surface area contributed by atoms with E-state index in [1.807, 2.05) is 4.90 Å². The first-order chi connectivity index (χ1) is 12.1. The molecule has 0 unspecified atom stereocenters. The molecule has 2 aliphatic rings. The first-order valence-corrected chi connectivity index (χ1v) is 9.88. The Labute approximate surface area is 156 Å². The van der Waals surface area contributed by atoms with Gasteiger partial charge in [0.1, 0.15) is 5.82 Å². The van der Waals surface area contributed by atoms with E-state index < -0.39 is 5.82 Å². The zero-order chi connectivity index (χ0) is 17.8. The third kappa shape index (κ3) is 4.40. The summed E-state index contributed by atoms with van der Waals surface area (Å²) in [5.41, 5.74) is 0.345. The number of carbonyl (C=O) groups excluding carboxylic acids is 2. The molecule has 0 spiro atoms. The van der Waals surface area contributed by atoms with Gasteiger partial charge in [-0.25, -0.2) is 4.39 Å². The summed E-state index contributed by atoms with van der Waals surface area (Å²) in [4.78, 5) is 29.1. The van der Waals surface area contributed by atoms with Crippen molar-refractivity contribution in [3.05, 3.63) is 34.1 Å². The summed E-state index contributed by atoms with van der Waals surface area (Å²) in [7, 11) is 0. The minimum Gasteiger partial charge on any atom is -0.342 e. The smallest absolute Gasteiger partial charge is 0.255 e.